The molecule has 0 spiro atoms. The molecule has 1 aromatic heterocycles. The zero-order valence-corrected chi connectivity index (χ0v) is 22.6. The van der Waals surface area contributed by atoms with Crippen molar-refractivity contribution in [3.05, 3.63) is 59.8 Å². The van der Waals surface area contributed by atoms with Crippen LogP contribution in [-0.4, -0.2) is 86.2 Å². The Balaban J connectivity index is 1.30. The van der Waals surface area contributed by atoms with Gasteiger partial charge in [0, 0.05) is 63.1 Å². The average Bonchev–Trinajstić information content (AvgIpc) is 3.35. The Morgan fingerprint density at radius 1 is 1.05 bits per heavy atom. The van der Waals surface area contributed by atoms with E-state index in [4.69, 9.17) is 14.2 Å². The summed E-state index contributed by atoms with van der Waals surface area (Å²) in [6.07, 6.45) is 3.98. The van der Waals surface area contributed by atoms with E-state index in [0.717, 1.165) is 29.5 Å². The average molecular weight is 518 g/mol. The summed E-state index contributed by atoms with van der Waals surface area (Å²) in [6, 6.07) is 13.9. The van der Waals surface area contributed by atoms with Gasteiger partial charge in [-0.3, -0.25) is 9.80 Å². The van der Waals surface area contributed by atoms with Crippen LogP contribution in [0.3, 0.4) is 0 Å². The number of ether oxygens (including phenoxy) is 3. The minimum absolute atomic E-state index is 0.0284. The third-order valence-electron chi connectivity index (χ3n) is 7.29. The Morgan fingerprint density at radius 2 is 1.87 bits per heavy atom. The zero-order chi connectivity index (χ0) is 26.9. The van der Waals surface area contributed by atoms with Crippen molar-refractivity contribution in [3.8, 4) is 5.75 Å². The number of carbonyl (C=O) groups excluding carboxylic acids is 1. The van der Waals surface area contributed by atoms with Crippen LogP contribution in [0.1, 0.15) is 35.7 Å². The number of amides is 1. The van der Waals surface area contributed by atoms with Crippen LogP contribution < -0.4 is 10.1 Å². The molecule has 0 bridgehead atoms. The van der Waals surface area contributed by atoms with E-state index >= 15 is 0 Å². The summed E-state index contributed by atoms with van der Waals surface area (Å²) in [5, 5.41) is 12.2. The standard InChI is InChI=1S/C29H35N5O4/c1-29(2,38-5)18-34-15-23(14-31-34)19-6-7-21-13-30-27(12-22(21)10-19)32-25-9-8-20(11-26(25)37-4)28(35)33-16-24(17-33)36-3/h6-14,23-24H,15-18H2,1-5H3,(H,30,32). The van der Waals surface area contributed by atoms with Crippen molar-refractivity contribution >= 4 is 34.4 Å². The second-order valence-corrected chi connectivity index (χ2v) is 10.5. The first kappa shape index (κ1) is 25.9. The summed E-state index contributed by atoms with van der Waals surface area (Å²) in [6.45, 7) is 6.90. The molecule has 1 amide bonds. The minimum Gasteiger partial charge on any atom is -0.495 e. The van der Waals surface area contributed by atoms with E-state index in [1.165, 1.54) is 5.56 Å². The third kappa shape index (κ3) is 5.44. The smallest absolute Gasteiger partial charge is 0.254 e. The Bertz CT molecular complexity index is 1350. The van der Waals surface area contributed by atoms with E-state index in [2.05, 4.69) is 52.5 Å². The molecule has 9 nitrogen and oxygen atoms in total. The molecule has 0 aliphatic carbocycles. The molecular formula is C29H35N5O4. The number of anilines is 2. The molecule has 2 aromatic carbocycles. The highest BCUT2D eigenvalue weighted by Crippen LogP contribution is 2.31. The number of hydrogen-bond donors (Lipinski definition) is 1. The van der Waals surface area contributed by atoms with Crippen molar-refractivity contribution in [2.45, 2.75) is 31.5 Å². The van der Waals surface area contributed by atoms with E-state index in [0.29, 0.717) is 30.2 Å². The number of nitrogens with zero attached hydrogens (tertiary/aromatic N) is 4. The summed E-state index contributed by atoms with van der Waals surface area (Å²) in [5.74, 6) is 1.46. The number of hydrogen-bond acceptors (Lipinski definition) is 8. The number of hydrazone groups is 1. The first-order valence-electron chi connectivity index (χ1n) is 12.8. The molecule has 9 heteroatoms. The lowest BCUT2D eigenvalue weighted by atomic mass is 9.98. The molecule has 1 N–H and O–H groups in total. The minimum atomic E-state index is -0.254. The fourth-order valence-corrected chi connectivity index (χ4v) is 4.76. The Hall–Kier alpha value is -3.69. The normalized spacial score (nSPS) is 17.7. The van der Waals surface area contributed by atoms with E-state index in [9.17, 15) is 4.79 Å². The quantitative estimate of drug-likeness (QED) is 0.454. The summed E-state index contributed by atoms with van der Waals surface area (Å²) >= 11 is 0. The molecule has 1 atom stereocenters. The van der Waals surface area contributed by atoms with Gasteiger partial charge in [0.25, 0.3) is 5.91 Å². The summed E-state index contributed by atoms with van der Waals surface area (Å²) in [4.78, 5) is 19.1. The Labute approximate surface area is 223 Å². The van der Waals surface area contributed by atoms with Crippen molar-refractivity contribution in [2.75, 3.05) is 52.8 Å². The lowest BCUT2D eigenvalue weighted by molar-refractivity contribution is -0.0192. The molecule has 1 unspecified atom stereocenters. The van der Waals surface area contributed by atoms with Crippen LogP contribution in [0, 0.1) is 0 Å². The number of aromatic nitrogens is 1. The first-order valence-corrected chi connectivity index (χ1v) is 12.8. The van der Waals surface area contributed by atoms with Crippen LogP contribution in [0.5, 0.6) is 5.75 Å². The molecule has 2 aliphatic rings. The molecule has 3 heterocycles. The van der Waals surface area contributed by atoms with Crippen LogP contribution in [0.15, 0.2) is 53.8 Å². The fraction of sp³-hybridized carbons (Fsp3) is 0.414. The molecular weight excluding hydrogens is 482 g/mol. The second kappa shape index (κ2) is 10.6. The van der Waals surface area contributed by atoms with Crippen molar-refractivity contribution in [1.82, 2.24) is 14.9 Å². The highest BCUT2D eigenvalue weighted by Gasteiger charge is 2.31. The SMILES string of the molecule is COc1cc(C(=O)N2CC(OC)C2)ccc1Nc1cc2cc(C3C=NN(CC(C)(C)OC)C3)ccc2cn1. The van der Waals surface area contributed by atoms with Gasteiger partial charge < -0.3 is 24.4 Å². The largest absolute Gasteiger partial charge is 0.495 e. The predicted octanol–water partition coefficient (Wildman–Crippen LogP) is 4.27. The van der Waals surface area contributed by atoms with Crippen LogP contribution in [0.25, 0.3) is 10.8 Å². The summed E-state index contributed by atoms with van der Waals surface area (Å²) in [7, 11) is 4.99. The third-order valence-corrected chi connectivity index (χ3v) is 7.29. The number of fused-ring (bicyclic) bond motifs is 1. The van der Waals surface area contributed by atoms with Crippen LogP contribution in [-0.2, 0) is 9.47 Å². The highest BCUT2D eigenvalue weighted by molar-refractivity contribution is 5.96. The van der Waals surface area contributed by atoms with Crippen molar-refractivity contribution in [2.24, 2.45) is 5.10 Å². The number of pyridine rings is 1. The van der Waals surface area contributed by atoms with Gasteiger partial charge >= 0.3 is 0 Å². The molecule has 5 rings (SSSR count). The molecule has 0 saturated carbocycles. The molecule has 3 aromatic rings. The Kier molecular flexibility index (Phi) is 7.23. The van der Waals surface area contributed by atoms with Crippen LogP contribution in [0.4, 0.5) is 11.5 Å². The van der Waals surface area contributed by atoms with Gasteiger partial charge in [0.15, 0.2) is 0 Å². The molecule has 0 radical (unpaired) electrons. The van der Waals surface area contributed by atoms with Gasteiger partial charge in [0.05, 0.1) is 31.0 Å². The maximum absolute atomic E-state index is 12.8. The number of methoxy groups -OCH3 is 3. The monoisotopic (exact) mass is 517 g/mol. The van der Waals surface area contributed by atoms with Crippen molar-refractivity contribution in [3.63, 3.8) is 0 Å². The van der Waals surface area contributed by atoms with Gasteiger partial charge in [-0.25, -0.2) is 4.98 Å². The lowest BCUT2D eigenvalue weighted by Crippen LogP contribution is -2.54. The highest BCUT2D eigenvalue weighted by atomic mass is 16.5. The maximum Gasteiger partial charge on any atom is 0.254 e. The van der Waals surface area contributed by atoms with E-state index in [-0.39, 0.29) is 23.5 Å². The first-order chi connectivity index (χ1) is 18.3. The summed E-state index contributed by atoms with van der Waals surface area (Å²) < 4.78 is 16.4. The van der Waals surface area contributed by atoms with Crippen molar-refractivity contribution < 1.29 is 19.0 Å². The van der Waals surface area contributed by atoms with Gasteiger partial charge in [0.1, 0.15) is 11.6 Å². The van der Waals surface area contributed by atoms with Crippen LogP contribution >= 0.6 is 0 Å². The zero-order valence-electron chi connectivity index (χ0n) is 22.6. The molecule has 200 valence electrons. The van der Waals surface area contributed by atoms with Gasteiger partial charge in [-0.05, 0) is 49.1 Å². The van der Waals surface area contributed by atoms with Crippen molar-refractivity contribution in [1.29, 1.82) is 0 Å². The number of likely N-dealkylation sites (tertiary alicyclic amines) is 1. The van der Waals surface area contributed by atoms with E-state index in [1.54, 1.807) is 32.3 Å². The lowest BCUT2D eigenvalue weighted by Gasteiger charge is -2.38. The van der Waals surface area contributed by atoms with Gasteiger partial charge in [-0.1, -0.05) is 18.2 Å². The molecule has 38 heavy (non-hydrogen) atoms. The molecule has 2 aliphatic heterocycles. The molecule has 1 saturated heterocycles. The van der Waals surface area contributed by atoms with Gasteiger partial charge in [0.2, 0.25) is 0 Å². The fourth-order valence-electron chi connectivity index (χ4n) is 4.76. The molecule has 1 fully saturated rings. The number of carbonyl (C=O) groups is 1. The number of benzene rings is 2. The van der Waals surface area contributed by atoms with E-state index < -0.39 is 0 Å². The maximum atomic E-state index is 12.8. The van der Waals surface area contributed by atoms with Crippen LogP contribution in [0.2, 0.25) is 0 Å². The number of rotatable bonds is 9. The predicted molar refractivity (Wildman–Crippen MR) is 149 cm³/mol. The summed E-state index contributed by atoms with van der Waals surface area (Å²) in [5.41, 5.74) is 2.28. The number of nitrogens with one attached hydrogen (secondary N) is 1. The van der Waals surface area contributed by atoms with Gasteiger partial charge in [-0.2, -0.15) is 5.10 Å². The topological polar surface area (TPSA) is 88.5 Å². The Morgan fingerprint density at radius 3 is 2.61 bits per heavy atom. The van der Waals surface area contributed by atoms with E-state index in [1.807, 2.05) is 30.6 Å². The second-order valence-electron chi connectivity index (χ2n) is 10.5. The van der Waals surface area contributed by atoms with Gasteiger partial charge in [-0.15, -0.1) is 0 Å².